The highest BCUT2D eigenvalue weighted by Crippen LogP contribution is 2.19. The van der Waals surface area contributed by atoms with Crippen LogP contribution in [0.3, 0.4) is 0 Å². The van der Waals surface area contributed by atoms with Crippen molar-refractivity contribution < 1.29 is 9.53 Å². The molecule has 0 atom stereocenters. The Hall–Kier alpha value is -2.63. The summed E-state index contributed by atoms with van der Waals surface area (Å²) in [5.41, 5.74) is 1.72. The molecule has 2 N–H and O–H groups in total. The zero-order valence-electron chi connectivity index (χ0n) is 9.64. The molecule has 18 heavy (non-hydrogen) atoms. The van der Waals surface area contributed by atoms with Crippen molar-refractivity contribution in [2.75, 3.05) is 12.4 Å². The second kappa shape index (κ2) is 5.13. The van der Waals surface area contributed by atoms with Crippen LogP contribution in [0.5, 0.6) is 0 Å². The molecule has 6 heteroatoms. The van der Waals surface area contributed by atoms with Crippen molar-refractivity contribution >= 4 is 11.8 Å². The standard InChI is InChI=1S/C12H11N3O3/c1-18-12(17)13-9-4-2-3-8(7-9)10-5-6-11(16)15-14-10/h2-7H,1H3,(H,13,17)(H,15,16). The Kier molecular flexibility index (Phi) is 3.38. The van der Waals surface area contributed by atoms with Crippen LogP contribution in [0.15, 0.2) is 41.2 Å². The third-order valence-corrected chi connectivity index (χ3v) is 2.27. The Morgan fingerprint density at radius 3 is 2.83 bits per heavy atom. The van der Waals surface area contributed by atoms with E-state index in [1.54, 1.807) is 24.3 Å². The average Bonchev–Trinajstić information content (AvgIpc) is 2.40. The minimum Gasteiger partial charge on any atom is -0.453 e. The van der Waals surface area contributed by atoms with Gasteiger partial charge in [0.25, 0.3) is 5.56 Å². The molecule has 1 amide bonds. The Balaban J connectivity index is 2.29. The number of nitrogens with one attached hydrogen (secondary N) is 2. The maximum Gasteiger partial charge on any atom is 0.411 e. The van der Waals surface area contributed by atoms with Gasteiger partial charge in [0.15, 0.2) is 0 Å². The fraction of sp³-hybridized carbons (Fsp3) is 0.0833. The first-order chi connectivity index (χ1) is 8.69. The van der Waals surface area contributed by atoms with E-state index in [1.165, 1.54) is 13.2 Å². The molecule has 1 aromatic carbocycles. The fourth-order valence-electron chi connectivity index (χ4n) is 1.43. The number of methoxy groups -OCH3 is 1. The van der Waals surface area contributed by atoms with Gasteiger partial charge in [-0.1, -0.05) is 12.1 Å². The van der Waals surface area contributed by atoms with E-state index in [2.05, 4.69) is 20.3 Å². The summed E-state index contributed by atoms with van der Waals surface area (Å²) in [5, 5.41) is 8.81. The van der Waals surface area contributed by atoms with Crippen LogP contribution >= 0.6 is 0 Å². The molecule has 0 unspecified atom stereocenters. The molecule has 0 saturated carbocycles. The monoisotopic (exact) mass is 245 g/mol. The topological polar surface area (TPSA) is 84.1 Å². The van der Waals surface area contributed by atoms with Crippen molar-refractivity contribution in [3.8, 4) is 11.3 Å². The molecule has 0 aliphatic carbocycles. The minimum atomic E-state index is -0.540. The smallest absolute Gasteiger partial charge is 0.411 e. The molecule has 1 aromatic heterocycles. The number of carbonyl (C=O) groups is 1. The number of ether oxygens (including phenoxy) is 1. The van der Waals surface area contributed by atoms with Gasteiger partial charge >= 0.3 is 6.09 Å². The first-order valence-corrected chi connectivity index (χ1v) is 5.20. The van der Waals surface area contributed by atoms with E-state index in [0.29, 0.717) is 11.4 Å². The zero-order chi connectivity index (χ0) is 13.0. The molecule has 0 fully saturated rings. The van der Waals surface area contributed by atoms with Crippen LogP contribution in [-0.4, -0.2) is 23.4 Å². The molecule has 2 rings (SSSR count). The van der Waals surface area contributed by atoms with Crippen LogP contribution in [0.1, 0.15) is 0 Å². The molecule has 92 valence electrons. The fourth-order valence-corrected chi connectivity index (χ4v) is 1.43. The normalized spacial score (nSPS) is 9.83. The largest absolute Gasteiger partial charge is 0.453 e. The molecule has 6 nitrogen and oxygen atoms in total. The van der Waals surface area contributed by atoms with Crippen LogP contribution < -0.4 is 10.9 Å². The molecule has 0 bridgehead atoms. The summed E-state index contributed by atoms with van der Waals surface area (Å²) in [7, 11) is 1.29. The molecule has 0 aliphatic rings. The van der Waals surface area contributed by atoms with Gasteiger partial charge in [-0.05, 0) is 18.2 Å². The zero-order valence-corrected chi connectivity index (χ0v) is 9.64. The van der Waals surface area contributed by atoms with Gasteiger partial charge in [0.05, 0.1) is 12.8 Å². The number of H-pyrrole nitrogens is 1. The number of anilines is 1. The van der Waals surface area contributed by atoms with Crippen molar-refractivity contribution in [3.05, 3.63) is 46.8 Å². The van der Waals surface area contributed by atoms with Crippen LogP contribution in [0.25, 0.3) is 11.3 Å². The Bertz CT molecular complexity index is 601. The second-order valence-electron chi connectivity index (χ2n) is 3.50. The average molecular weight is 245 g/mol. The maximum absolute atomic E-state index is 11.1. The molecule has 0 radical (unpaired) electrons. The van der Waals surface area contributed by atoms with Crippen LogP contribution in [-0.2, 0) is 4.74 Å². The number of aromatic amines is 1. The van der Waals surface area contributed by atoms with Crippen LogP contribution in [0.2, 0.25) is 0 Å². The summed E-state index contributed by atoms with van der Waals surface area (Å²) >= 11 is 0. The summed E-state index contributed by atoms with van der Waals surface area (Å²) in [6.45, 7) is 0. The molecule has 0 saturated heterocycles. The van der Waals surface area contributed by atoms with Crippen molar-refractivity contribution in [2.45, 2.75) is 0 Å². The maximum atomic E-state index is 11.1. The highest BCUT2D eigenvalue weighted by atomic mass is 16.5. The minimum absolute atomic E-state index is 0.261. The lowest BCUT2D eigenvalue weighted by molar-refractivity contribution is 0.187. The predicted octanol–water partition coefficient (Wildman–Crippen LogP) is 1.62. The Morgan fingerprint density at radius 2 is 2.17 bits per heavy atom. The summed E-state index contributed by atoms with van der Waals surface area (Å²) in [4.78, 5) is 22.0. The number of hydrogen-bond donors (Lipinski definition) is 2. The van der Waals surface area contributed by atoms with Crippen LogP contribution in [0.4, 0.5) is 10.5 Å². The van der Waals surface area contributed by atoms with E-state index >= 15 is 0 Å². The summed E-state index contributed by atoms with van der Waals surface area (Å²) < 4.78 is 4.50. The summed E-state index contributed by atoms with van der Waals surface area (Å²) in [5.74, 6) is 0. The number of benzene rings is 1. The van der Waals surface area contributed by atoms with Gasteiger partial charge in [0.2, 0.25) is 0 Å². The van der Waals surface area contributed by atoms with Gasteiger partial charge in [0, 0.05) is 17.3 Å². The van der Waals surface area contributed by atoms with Crippen molar-refractivity contribution in [3.63, 3.8) is 0 Å². The lowest BCUT2D eigenvalue weighted by atomic mass is 10.1. The molecule has 0 spiro atoms. The summed E-state index contributed by atoms with van der Waals surface area (Å²) in [6, 6.07) is 10.1. The highest BCUT2D eigenvalue weighted by molar-refractivity contribution is 5.85. The molecule has 0 aliphatic heterocycles. The molecule has 1 heterocycles. The van der Waals surface area contributed by atoms with Crippen molar-refractivity contribution in [2.24, 2.45) is 0 Å². The predicted molar refractivity (Wildman–Crippen MR) is 66.3 cm³/mol. The molecular formula is C12H11N3O3. The van der Waals surface area contributed by atoms with E-state index in [0.717, 1.165) is 5.56 Å². The number of hydrogen-bond acceptors (Lipinski definition) is 4. The number of carbonyl (C=O) groups excluding carboxylic acids is 1. The quantitative estimate of drug-likeness (QED) is 0.841. The third-order valence-electron chi connectivity index (χ3n) is 2.27. The van der Waals surface area contributed by atoms with Crippen molar-refractivity contribution in [1.82, 2.24) is 10.2 Å². The van der Waals surface area contributed by atoms with E-state index in [1.807, 2.05) is 6.07 Å². The van der Waals surface area contributed by atoms with E-state index in [9.17, 15) is 9.59 Å². The Labute approximate surface area is 103 Å². The highest BCUT2D eigenvalue weighted by Gasteiger charge is 2.03. The van der Waals surface area contributed by atoms with Gasteiger partial charge < -0.3 is 4.74 Å². The first kappa shape index (κ1) is 11.8. The summed E-state index contributed by atoms with van der Waals surface area (Å²) in [6.07, 6.45) is -0.540. The van der Waals surface area contributed by atoms with Crippen LogP contribution in [0, 0.1) is 0 Å². The first-order valence-electron chi connectivity index (χ1n) is 5.20. The molecular weight excluding hydrogens is 234 g/mol. The van der Waals surface area contributed by atoms with E-state index < -0.39 is 6.09 Å². The van der Waals surface area contributed by atoms with Gasteiger partial charge in [-0.3, -0.25) is 10.1 Å². The van der Waals surface area contributed by atoms with Gasteiger partial charge in [-0.15, -0.1) is 0 Å². The van der Waals surface area contributed by atoms with E-state index in [4.69, 9.17) is 0 Å². The second-order valence-corrected chi connectivity index (χ2v) is 3.50. The lowest BCUT2D eigenvalue weighted by Gasteiger charge is -2.05. The molecule has 2 aromatic rings. The number of nitrogens with zero attached hydrogens (tertiary/aromatic N) is 1. The van der Waals surface area contributed by atoms with Gasteiger partial charge in [-0.2, -0.15) is 5.10 Å². The number of rotatable bonds is 2. The number of amides is 1. The third kappa shape index (κ3) is 2.73. The SMILES string of the molecule is COC(=O)Nc1cccc(-c2ccc(=O)[nH]n2)c1. The van der Waals surface area contributed by atoms with Crippen molar-refractivity contribution in [1.29, 1.82) is 0 Å². The van der Waals surface area contributed by atoms with Gasteiger partial charge in [-0.25, -0.2) is 9.89 Å². The number of aromatic nitrogens is 2. The van der Waals surface area contributed by atoms with E-state index in [-0.39, 0.29) is 5.56 Å². The lowest BCUT2D eigenvalue weighted by Crippen LogP contribution is -2.11. The van der Waals surface area contributed by atoms with Gasteiger partial charge in [0.1, 0.15) is 0 Å². The Morgan fingerprint density at radius 1 is 1.33 bits per heavy atom.